The number of halogens is 3. The molecule has 19 heavy (non-hydrogen) atoms. The SMILES string of the molecule is CCNC(=O)NNC(=O)c1cccc(C(F)(F)F)c1. The molecule has 0 saturated carbocycles. The number of amides is 3. The molecule has 0 aliphatic heterocycles. The molecule has 0 fully saturated rings. The van der Waals surface area contributed by atoms with Crippen molar-refractivity contribution in [2.45, 2.75) is 13.1 Å². The van der Waals surface area contributed by atoms with Crippen LogP contribution in [0.2, 0.25) is 0 Å². The number of hydrogen-bond donors (Lipinski definition) is 3. The zero-order valence-electron chi connectivity index (χ0n) is 9.97. The van der Waals surface area contributed by atoms with Gasteiger partial charge in [0.25, 0.3) is 5.91 Å². The van der Waals surface area contributed by atoms with Crippen molar-refractivity contribution in [3.63, 3.8) is 0 Å². The Morgan fingerprint density at radius 3 is 2.47 bits per heavy atom. The van der Waals surface area contributed by atoms with Crippen LogP contribution in [0.15, 0.2) is 24.3 Å². The lowest BCUT2D eigenvalue weighted by Crippen LogP contribution is -2.46. The molecular formula is C11H12F3N3O2. The van der Waals surface area contributed by atoms with Crippen LogP contribution < -0.4 is 16.2 Å². The Kier molecular flexibility index (Phi) is 4.74. The van der Waals surface area contributed by atoms with Crippen molar-refractivity contribution >= 4 is 11.9 Å². The van der Waals surface area contributed by atoms with Crippen LogP contribution in [0.25, 0.3) is 0 Å². The molecule has 0 aliphatic carbocycles. The Morgan fingerprint density at radius 2 is 1.89 bits per heavy atom. The highest BCUT2D eigenvalue weighted by atomic mass is 19.4. The molecule has 0 spiro atoms. The molecule has 8 heteroatoms. The summed E-state index contributed by atoms with van der Waals surface area (Å²) in [5.74, 6) is -0.836. The van der Waals surface area contributed by atoms with Gasteiger partial charge in [0.2, 0.25) is 0 Å². The first-order chi connectivity index (χ1) is 8.84. The zero-order chi connectivity index (χ0) is 14.5. The highest BCUT2D eigenvalue weighted by molar-refractivity contribution is 5.95. The normalized spacial score (nSPS) is 10.7. The number of nitrogens with one attached hydrogen (secondary N) is 3. The molecule has 0 saturated heterocycles. The minimum Gasteiger partial charge on any atom is -0.337 e. The van der Waals surface area contributed by atoms with Crippen molar-refractivity contribution in [1.29, 1.82) is 0 Å². The molecule has 1 rings (SSSR count). The van der Waals surface area contributed by atoms with Gasteiger partial charge < -0.3 is 5.32 Å². The maximum absolute atomic E-state index is 12.4. The van der Waals surface area contributed by atoms with Gasteiger partial charge in [0.1, 0.15) is 0 Å². The van der Waals surface area contributed by atoms with Crippen molar-refractivity contribution in [2.24, 2.45) is 0 Å². The fourth-order valence-corrected chi connectivity index (χ4v) is 1.23. The Balaban J connectivity index is 2.70. The summed E-state index contributed by atoms with van der Waals surface area (Å²) in [4.78, 5) is 22.5. The van der Waals surface area contributed by atoms with Crippen LogP contribution >= 0.6 is 0 Å². The molecule has 1 aromatic carbocycles. The molecule has 0 heterocycles. The second kappa shape index (κ2) is 6.07. The predicted octanol–water partition coefficient (Wildman–Crippen LogP) is 1.67. The van der Waals surface area contributed by atoms with E-state index in [1.165, 1.54) is 6.07 Å². The van der Waals surface area contributed by atoms with Gasteiger partial charge in [-0.2, -0.15) is 13.2 Å². The van der Waals surface area contributed by atoms with Crippen molar-refractivity contribution in [3.05, 3.63) is 35.4 Å². The van der Waals surface area contributed by atoms with Crippen LogP contribution in [0.3, 0.4) is 0 Å². The van der Waals surface area contributed by atoms with Gasteiger partial charge in [0.05, 0.1) is 5.56 Å². The van der Waals surface area contributed by atoms with E-state index in [4.69, 9.17) is 0 Å². The number of rotatable bonds is 2. The average Bonchev–Trinajstić information content (AvgIpc) is 2.35. The number of urea groups is 1. The van der Waals surface area contributed by atoms with E-state index in [0.717, 1.165) is 12.1 Å². The van der Waals surface area contributed by atoms with Gasteiger partial charge in [0.15, 0.2) is 0 Å². The number of hydrazine groups is 1. The zero-order valence-corrected chi connectivity index (χ0v) is 9.97. The molecule has 104 valence electrons. The monoisotopic (exact) mass is 275 g/mol. The van der Waals surface area contributed by atoms with Crippen LogP contribution in [0, 0.1) is 0 Å². The Hall–Kier alpha value is -2.25. The van der Waals surface area contributed by atoms with E-state index in [2.05, 4.69) is 5.32 Å². The Bertz CT molecular complexity index is 474. The maximum atomic E-state index is 12.4. The van der Waals surface area contributed by atoms with Crippen LogP contribution in [0.1, 0.15) is 22.8 Å². The summed E-state index contributed by atoms with van der Waals surface area (Å²) < 4.78 is 37.3. The number of benzene rings is 1. The fourth-order valence-electron chi connectivity index (χ4n) is 1.23. The highest BCUT2D eigenvalue weighted by Gasteiger charge is 2.30. The summed E-state index contributed by atoms with van der Waals surface area (Å²) in [5.41, 5.74) is 2.87. The second-order valence-electron chi connectivity index (χ2n) is 3.52. The first kappa shape index (κ1) is 14.8. The van der Waals surface area contributed by atoms with Crippen molar-refractivity contribution in [2.75, 3.05) is 6.54 Å². The first-order valence-electron chi connectivity index (χ1n) is 5.36. The summed E-state index contributed by atoms with van der Waals surface area (Å²) >= 11 is 0. The molecular weight excluding hydrogens is 263 g/mol. The largest absolute Gasteiger partial charge is 0.416 e. The maximum Gasteiger partial charge on any atom is 0.416 e. The van der Waals surface area contributed by atoms with E-state index >= 15 is 0 Å². The minimum absolute atomic E-state index is 0.202. The second-order valence-corrected chi connectivity index (χ2v) is 3.52. The Morgan fingerprint density at radius 1 is 1.21 bits per heavy atom. The molecule has 0 aliphatic rings. The average molecular weight is 275 g/mol. The number of carbonyl (C=O) groups excluding carboxylic acids is 2. The molecule has 0 unspecified atom stereocenters. The standard InChI is InChI=1S/C11H12F3N3O2/c1-2-15-10(19)17-16-9(18)7-4-3-5-8(6-7)11(12,13)14/h3-6H,2H2,1H3,(H,16,18)(H2,15,17,19). The van der Waals surface area contributed by atoms with E-state index < -0.39 is 23.7 Å². The lowest BCUT2D eigenvalue weighted by atomic mass is 10.1. The lowest BCUT2D eigenvalue weighted by molar-refractivity contribution is -0.137. The van der Waals surface area contributed by atoms with Crippen LogP contribution in [0.4, 0.5) is 18.0 Å². The van der Waals surface area contributed by atoms with E-state index in [0.29, 0.717) is 12.6 Å². The molecule has 1 aromatic rings. The van der Waals surface area contributed by atoms with Crippen molar-refractivity contribution in [1.82, 2.24) is 16.2 Å². The van der Waals surface area contributed by atoms with E-state index in [9.17, 15) is 22.8 Å². The molecule has 0 radical (unpaired) electrons. The lowest BCUT2D eigenvalue weighted by Gasteiger charge is -2.10. The van der Waals surface area contributed by atoms with Crippen LogP contribution in [0.5, 0.6) is 0 Å². The van der Waals surface area contributed by atoms with Gasteiger partial charge in [-0.25, -0.2) is 10.2 Å². The number of hydrogen-bond acceptors (Lipinski definition) is 2. The molecule has 3 N–H and O–H groups in total. The van der Waals surface area contributed by atoms with Crippen LogP contribution in [-0.4, -0.2) is 18.5 Å². The summed E-state index contributed by atoms with van der Waals surface area (Å²) in [6.07, 6.45) is -4.52. The third-order valence-corrected chi connectivity index (χ3v) is 2.08. The van der Waals surface area contributed by atoms with Crippen LogP contribution in [-0.2, 0) is 6.18 Å². The van der Waals surface area contributed by atoms with Gasteiger partial charge in [0, 0.05) is 12.1 Å². The predicted molar refractivity (Wildman–Crippen MR) is 61.1 cm³/mol. The smallest absolute Gasteiger partial charge is 0.337 e. The highest BCUT2D eigenvalue weighted by Crippen LogP contribution is 2.29. The summed E-state index contributed by atoms with van der Waals surface area (Å²) in [6, 6.07) is 3.24. The summed E-state index contributed by atoms with van der Waals surface area (Å²) in [6.45, 7) is 2.03. The van der Waals surface area contributed by atoms with E-state index in [-0.39, 0.29) is 5.56 Å². The van der Waals surface area contributed by atoms with Gasteiger partial charge in [-0.15, -0.1) is 0 Å². The topological polar surface area (TPSA) is 70.2 Å². The third kappa shape index (κ3) is 4.49. The molecule has 0 bridgehead atoms. The number of carbonyl (C=O) groups is 2. The fraction of sp³-hybridized carbons (Fsp3) is 0.273. The molecule has 0 atom stereocenters. The number of alkyl halides is 3. The van der Waals surface area contributed by atoms with E-state index in [1.54, 1.807) is 6.92 Å². The molecule has 5 nitrogen and oxygen atoms in total. The Labute approximate surface area is 107 Å². The molecule has 3 amide bonds. The van der Waals surface area contributed by atoms with Gasteiger partial charge in [-0.05, 0) is 25.1 Å². The quantitative estimate of drug-likeness (QED) is 0.718. The minimum atomic E-state index is -4.52. The summed E-state index contributed by atoms with van der Waals surface area (Å²) in [5, 5.41) is 2.34. The third-order valence-electron chi connectivity index (χ3n) is 2.08. The van der Waals surface area contributed by atoms with Gasteiger partial charge in [-0.3, -0.25) is 10.2 Å². The van der Waals surface area contributed by atoms with Gasteiger partial charge >= 0.3 is 12.2 Å². The van der Waals surface area contributed by atoms with Crippen molar-refractivity contribution in [3.8, 4) is 0 Å². The van der Waals surface area contributed by atoms with Crippen molar-refractivity contribution < 1.29 is 22.8 Å². The first-order valence-corrected chi connectivity index (χ1v) is 5.36. The van der Waals surface area contributed by atoms with Gasteiger partial charge in [-0.1, -0.05) is 6.07 Å². The molecule has 0 aromatic heterocycles. The summed E-state index contributed by atoms with van der Waals surface area (Å²) in [7, 11) is 0. The van der Waals surface area contributed by atoms with E-state index in [1.807, 2.05) is 10.9 Å².